The van der Waals surface area contributed by atoms with Gasteiger partial charge in [0.1, 0.15) is 0 Å². The van der Waals surface area contributed by atoms with Gasteiger partial charge in [-0.1, -0.05) is 52.0 Å². The molecule has 4 unspecified atom stereocenters. The minimum Gasteiger partial charge on any atom is -0.478 e. The highest BCUT2D eigenvalue weighted by Gasteiger charge is 2.52. The summed E-state index contributed by atoms with van der Waals surface area (Å²) in [5, 5.41) is 13.1. The number of hydrogen-bond donors (Lipinski definition) is 1. The molecule has 2 saturated carbocycles. The van der Waals surface area contributed by atoms with Crippen LogP contribution in [0.3, 0.4) is 0 Å². The monoisotopic (exact) mass is 450 g/mol. The number of carboxylic acids is 1. The molecule has 4 heteroatoms. The molecule has 3 nitrogen and oxygen atoms in total. The molecule has 0 bridgehead atoms. The van der Waals surface area contributed by atoms with Crippen molar-refractivity contribution in [3.8, 4) is 0 Å². The quantitative estimate of drug-likeness (QED) is 0.481. The minimum absolute atomic E-state index is 0.00596. The third-order valence-electron chi connectivity index (χ3n) is 8.29. The van der Waals surface area contributed by atoms with Crippen molar-refractivity contribution in [1.82, 2.24) is 0 Å². The van der Waals surface area contributed by atoms with E-state index in [1.807, 2.05) is 29.0 Å². The second-order valence-corrected chi connectivity index (χ2v) is 11.9. The normalized spacial score (nSPS) is 28.9. The number of benzene rings is 1. The van der Waals surface area contributed by atoms with Crippen LogP contribution in [0.1, 0.15) is 79.7 Å². The zero-order valence-electron chi connectivity index (χ0n) is 19.5. The maximum Gasteiger partial charge on any atom is 0.335 e. The van der Waals surface area contributed by atoms with Crippen molar-refractivity contribution in [1.29, 1.82) is 0 Å². The summed E-state index contributed by atoms with van der Waals surface area (Å²) in [5.41, 5.74) is 2.65. The molecule has 0 spiro atoms. The van der Waals surface area contributed by atoms with Crippen LogP contribution >= 0.6 is 11.3 Å². The van der Waals surface area contributed by atoms with E-state index in [9.17, 15) is 9.59 Å². The average molecular weight is 451 g/mol. The lowest BCUT2D eigenvalue weighted by Crippen LogP contribution is -2.50. The molecule has 2 aromatic rings. The predicted molar refractivity (Wildman–Crippen MR) is 131 cm³/mol. The van der Waals surface area contributed by atoms with Crippen molar-refractivity contribution in [2.45, 2.75) is 53.4 Å². The Hall–Kier alpha value is -2.20. The Morgan fingerprint density at radius 3 is 2.12 bits per heavy atom. The lowest BCUT2D eigenvalue weighted by molar-refractivity contribution is -0.0655. The Bertz CT molecular complexity index is 998. The van der Waals surface area contributed by atoms with Crippen LogP contribution in [0, 0.1) is 34.5 Å². The van der Waals surface area contributed by atoms with Gasteiger partial charge in [-0.05, 0) is 83.4 Å². The van der Waals surface area contributed by atoms with Crippen molar-refractivity contribution in [2.24, 2.45) is 34.5 Å². The lowest BCUT2D eigenvalue weighted by atomic mass is 9.48. The first kappa shape index (κ1) is 23.0. The number of Topliss-reactive ketones (excluding diaryl/α,β-unsaturated/α-hetero) is 1. The summed E-state index contributed by atoms with van der Waals surface area (Å²) in [5.74, 6) is 0.701. The molecule has 2 aliphatic rings. The molecule has 0 radical (unpaired) electrons. The molecule has 0 aliphatic heterocycles. The van der Waals surface area contributed by atoms with Gasteiger partial charge in [0, 0.05) is 16.9 Å². The number of hydrogen-bond acceptors (Lipinski definition) is 3. The van der Waals surface area contributed by atoms with Crippen LogP contribution in [0.2, 0.25) is 0 Å². The summed E-state index contributed by atoms with van der Waals surface area (Å²) in [6.07, 6.45) is 8.73. The maximum absolute atomic E-state index is 13.6. The summed E-state index contributed by atoms with van der Waals surface area (Å²) in [7, 11) is 0. The molecule has 0 amide bonds. The van der Waals surface area contributed by atoms with E-state index in [1.54, 1.807) is 23.5 Å². The second kappa shape index (κ2) is 8.62. The molecule has 1 heterocycles. The van der Waals surface area contributed by atoms with Gasteiger partial charge < -0.3 is 5.11 Å². The van der Waals surface area contributed by atoms with Crippen molar-refractivity contribution in [2.75, 3.05) is 0 Å². The number of thiophene rings is 1. The Morgan fingerprint density at radius 2 is 1.56 bits per heavy atom. The van der Waals surface area contributed by atoms with Gasteiger partial charge in [0.05, 0.1) is 5.56 Å². The molecule has 170 valence electrons. The van der Waals surface area contributed by atoms with Crippen LogP contribution in [0.5, 0.6) is 0 Å². The summed E-state index contributed by atoms with van der Waals surface area (Å²) < 4.78 is 0. The van der Waals surface area contributed by atoms with Gasteiger partial charge in [-0.3, -0.25) is 4.79 Å². The second-order valence-electron chi connectivity index (χ2n) is 11.1. The van der Waals surface area contributed by atoms with Crippen molar-refractivity contribution in [3.63, 3.8) is 0 Å². The highest BCUT2D eigenvalue weighted by atomic mass is 32.1. The zero-order valence-corrected chi connectivity index (χ0v) is 20.3. The number of carbonyl (C=O) groups is 2. The van der Waals surface area contributed by atoms with E-state index in [1.165, 1.54) is 12.8 Å². The molecule has 32 heavy (non-hydrogen) atoms. The number of carboxylic acid groups (broad SMARTS) is 1. The fourth-order valence-electron chi connectivity index (χ4n) is 6.08. The number of fused-ring (bicyclic) bond motifs is 1. The van der Waals surface area contributed by atoms with E-state index in [-0.39, 0.29) is 28.4 Å². The van der Waals surface area contributed by atoms with Gasteiger partial charge in [-0.15, -0.1) is 0 Å². The maximum atomic E-state index is 13.6. The number of allylic oxidation sites excluding steroid dienone is 1. The van der Waals surface area contributed by atoms with Gasteiger partial charge in [0.25, 0.3) is 0 Å². The van der Waals surface area contributed by atoms with E-state index in [0.29, 0.717) is 17.4 Å². The fourth-order valence-corrected chi connectivity index (χ4v) is 6.73. The summed E-state index contributed by atoms with van der Waals surface area (Å²) >= 11 is 1.58. The highest BCUT2D eigenvalue weighted by molar-refractivity contribution is 7.08. The first-order valence-corrected chi connectivity index (χ1v) is 12.6. The molecule has 1 aromatic heterocycles. The van der Waals surface area contributed by atoms with Crippen LogP contribution in [0.25, 0.3) is 6.08 Å². The van der Waals surface area contributed by atoms with E-state index >= 15 is 0 Å². The fraction of sp³-hybridized carbons (Fsp3) is 0.500. The molecule has 4 rings (SSSR count). The number of aromatic carboxylic acids is 1. The first-order chi connectivity index (χ1) is 15.1. The summed E-state index contributed by atoms with van der Waals surface area (Å²) in [6, 6.07) is 8.92. The Kier molecular flexibility index (Phi) is 6.19. The Morgan fingerprint density at radius 1 is 0.938 bits per heavy atom. The molecule has 1 N–H and O–H groups in total. The van der Waals surface area contributed by atoms with Crippen molar-refractivity contribution >= 4 is 29.2 Å². The predicted octanol–water partition coefficient (Wildman–Crippen LogP) is 7.45. The summed E-state index contributed by atoms with van der Waals surface area (Å²) in [6.45, 7) is 9.61. The van der Waals surface area contributed by atoms with E-state index in [2.05, 4.69) is 39.8 Å². The van der Waals surface area contributed by atoms with Gasteiger partial charge in [0.15, 0.2) is 5.78 Å². The summed E-state index contributed by atoms with van der Waals surface area (Å²) in [4.78, 5) is 24.7. The van der Waals surface area contributed by atoms with Crippen molar-refractivity contribution in [3.05, 3.63) is 63.9 Å². The lowest BCUT2D eigenvalue weighted by Gasteiger charge is -2.57. The molecule has 2 fully saturated rings. The molecular formula is C28H34O3S. The molecule has 1 aromatic carbocycles. The number of ketones is 1. The van der Waals surface area contributed by atoms with Crippen LogP contribution in [-0.4, -0.2) is 16.9 Å². The van der Waals surface area contributed by atoms with Crippen LogP contribution in [0.4, 0.5) is 0 Å². The van der Waals surface area contributed by atoms with E-state index < -0.39 is 5.97 Å². The van der Waals surface area contributed by atoms with Crippen LogP contribution < -0.4 is 0 Å². The smallest absolute Gasteiger partial charge is 0.335 e. The third kappa shape index (κ3) is 4.47. The van der Waals surface area contributed by atoms with Gasteiger partial charge in [0.2, 0.25) is 0 Å². The Balaban J connectivity index is 1.65. The topological polar surface area (TPSA) is 54.4 Å². The van der Waals surface area contributed by atoms with Crippen LogP contribution in [0.15, 0.2) is 47.2 Å². The zero-order chi connectivity index (χ0) is 23.1. The average Bonchev–Trinajstić information content (AvgIpc) is 3.30. The standard InChI is InChI=1S/C28H34O3S/c1-27(2)12-13-28(3,4)24-16-22(25(29)21-11-14-32-17-21)20(15-23(24)27)10-7-18-5-8-19(9-6-18)26(30)31/h5-11,14,17,20,22-24H,12-13,15-16H2,1-4H3,(H,30,31)/b10-7+. The highest BCUT2D eigenvalue weighted by Crippen LogP contribution is 2.60. The largest absolute Gasteiger partial charge is 0.478 e. The molecule has 0 saturated heterocycles. The number of carbonyl (C=O) groups excluding carboxylic acids is 1. The first-order valence-electron chi connectivity index (χ1n) is 11.7. The minimum atomic E-state index is -0.914. The third-order valence-corrected chi connectivity index (χ3v) is 8.98. The SMILES string of the molecule is CC1(C)CCC(C)(C)C2CC(C(=O)c3ccsc3)C(/C=C/c3ccc(C(=O)O)cc3)CC21. The molecule has 4 atom stereocenters. The van der Waals surface area contributed by atoms with E-state index in [4.69, 9.17) is 5.11 Å². The van der Waals surface area contributed by atoms with Crippen LogP contribution in [-0.2, 0) is 0 Å². The van der Waals surface area contributed by atoms with Crippen molar-refractivity contribution < 1.29 is 14.7 Å². The van der Waals surface area contributed by atoms with Gasteiger partial charge >= 0.3 is 5.97 Å². The number of rotatable bonds is 5. The Labute approximate surface area is 195 Å². The molecule has 2 aliphatic carbocycles. The van der Waals surface area contributed by atoms with E-state index in [0.717, 1.165) is 24.0 Å². The molecular weight excluding hydrogens is 416 g/mol. The van der Waals surface area contributed by atoms with Gasteiger partial charge in [-0.2, -0.15) is 11.3 Å². The van der Waals surface area contributed by atoms with Gasteiger partial charge in [-0.25, -0.2) is 4.79 Å².